The lowest BCUT2D eigenvalue weighted by Crippen LogP contribution is -2.46. The maximum atomic E-state index is 5.36. The van der Waals surface area contributed by atoms with Crippen LogP contribution in [0.2, 0.25) is 0 Å². The van der Waals surface area contributed by atoms with Crippen LogP contribution in [0.5, 0.6) is 0 Å². The van der Waals surface area contributed by atoms with Crippen molar-refractivity contribution in [3.63, 3.8) is 0 Å². The van der Waals surface area contributed by atoms with Crippen molar-refractivity contribution in [2.24, 2.45) is 0 Å². The van der Waals surface area contributed by atoms with Gasteiger partial charge >= 0.3 is 0 Å². The largest absolute Gasteiger partial charge is 0.381 e. The third-order valence-corrected chi connectivity index (χ3v) is 5.54. The summed E-state index contributed by atoms with van der Waals surface area (Å²) in [5.41, 5.74) is 3.99. The molecule has 1 aromatic heterocycles. The maximum absolute atomic E-state index is 5.36. The van der Waals surface area contributed by atoms with Gasteiger partial charge in [0.05, 0.1) is 18.5 Å². The highest BCUT2D eigenvalue weighted by molar-refractivity contribution is 5.76. The molecule has 1 aliphatic heterocycles. The Hall–Kier alpha value is -2.27. The number of benzene rings is 1. The van der Waals surface area contributed by atoms with E-state index in [1.165, 1.54) is 17.0 Å². The van der Waals surface area contributed by atoms with Crippen LogP contribution in [0.3, 0.4) is 0 Å². The fourth-order valence-electron chi connectivity index (χ4n) is 4.29. The molecule has 0 saturated heterocycles. The fourth-order valence-corrected chi connectivity index (χ4v) is 4.29. The molecule has 25 heavy (non-hydrogen) atoms. The summed E-state index contributed by atoms with van der Waals surface area (Å²) in [6, 6.07) is 9.84. The summed E-state index contributed by atoms with van der Waals surface area (Å²) < 4.78 is 7.87. The van der Waals surface area contributed by atoms with E-state index in [0.29, 0.717) is 12.1 Å². The van der Waals surface area contributed by atoms with E-state index in [9.17, 15) is 0 Å². The Labute approximate surface area is 149 Å². The Balaban J connectivity index is 1.67. The Bertz CT molecular complexity index is 774. The number of aromatic nitrogens is 2. The van der Waals surface area contributed by atoms with Crippen LogP contribution < -0.4 is 0 Å². The average Bonchev–Trinajstić information content (AvgIpc) is 2.90. The number of ether oxygens (including phenoxy) is 1. The topological polar surface area (TPSA) is 41.3 Å². The lowest BCUT2D eigenvalue weighted by atomic mass is 9.84. The van der Waals surface area contributed by atoms with Gasteiger partial charge in [0, 0.05) is 39.3 Å². The minimum Gasteiger partial charge on any atom is -0.381 e. The number of amidine groups is 1. The van der Waals surface area contributed by atoms with Crippen molar-refractivity contribution in [2.75, 3.05) is 20.3 Å². The van der Waals surface area contributed by atoms with Gasteiger partial charge in [-0.3, -0.25) is 19.4 Å². The van der Waals surface area contributed by atoms with Gasteiger partial charge in [-0.25, -0.2) is 0 Å². The number of rotatable bonds is 5. The SMILES string of the molecule is COCCN1C(C)=[N+](Cc2cnccn2)C2Cc3ccccc3CC21. The van der Waals surface area contributed by atoms with Gasteiger partial charge in [-0.2, -0.15) is 0 Å². The fraction of sp³-hybridized carbons (Fsp3) is 0.450. The maximum Gasteiger partial charge on any atom is 0.244 e. The van der Waals surface area contributed by atoms with E-state index in [0.717, 1.165) is 38.2 Å². The molecule has 0 radical (unpaired) electrons. The molecule has 0 N–H and O–H groups in total. The van der Waals surface area contributed by atoms with E-state index in [-0.39, 0.29) is 0 Å². The zero-order valence-electron chi connectivity index (χ0n) is 14.9. The van der Waals surface area contributed by atoms with Crippen LogP contribution in [0.25, 0.3) is 0 Å². The van der Waals surface area contributed by atoms with Gasteiger partial charge < -0.3 is 4.74 Å². The third-order valence-electron chi connectivity index (χ3n) is 5.54. The molecule has 0 saturated carbocycles. The molecule has 0 bridgehead atoms. The summed E-state index contributed by atoms with van der Waals surface area (Å²) in [5.74, 6) is 1.32. The van der Waals surface area contributed by atoms with Gasteiger partial charge in [0.2, 0.25) is 5.84 Å². The highest BCUT2D eigenvalue weighted by atomic mass is 16.5. The molecule has 2 unspecified atom stereocenters. The molecular weight excluding hydrogens is 312 g/mol. The molecule has 2 heterocycles. The zero-order chi connectivity index (χ0) is 17.2. The van der Waals surface area contributed by atoms with Gasteiger partial charge in [-0.05, 0) is 11.1 Å². The molecule has 2 aliphatic rings. The Morgan fingerprint density at radius 1 is 1.20 bits per heavy atom. The highest BCUT2D eigenvalue weighted by Crippen LogP contribution is 2.31. The van der Waals surface area contributed by atoms with Crippen molar-refractivity contribution in [3.8, 4) is 0 Å². The van der Waals surface area contributed by atoms with Crippen molar-refractivity contribution < 1.29 is 9.31 Å². The van der Waals surface area contributed by atoms with Crippen LogP contribution in [-0.2, 0) is 24.1 Å². The van der Waals surface area contributed by atoms with E-state index in [2.05, 4.69) is 50.6 Å². The summed E-state index contributed by atoms with van der Waals surface area (Å²) in [7, 11) is 1.77. The van der Waals surface area contributed by atoms with E-state index < -0.39 is 0 Å². The highest BCUT2D eigenvalue weighted by Gasteiger charge is 2.47. The monoisotopic (exact) mass is 337 g/mol. The van der Waals surface area contributed by atoms with Crippen LogP contribution in [0.1, 0.15) is 23.7 Å². The first-order chi connectivity index (χ1) is 12.3. The van der Waals surface area contributed by atoms with E-state index in [1.807, 2.05) is 6.20 Å². The molecule has 130 valence electrons. The Morgan fingerprint density at radius 2 is 2.00 bits per heavy atom. The molecular formula is C20H25N4O+. The van der Waals surface area contributed by atoms with Crippen LogP contribution in [0, 0.1) is 0 Å². The van der Waals surface area contributed by atoms with Crippen molar-refractivity contribution >= 4 is 5.84 Å². The molecule has 0 amide bonds. The predicted molar refractivity (Wildman–Crippen MR) is 96.7 cm³/mol. The molecule has 4 rings (SSSR count). The number of methoxy groups -OCH3 is 1. The summed E-state index contributed by atoms with van der Waals surface area (Å²) in [4.78, 5) is 11.2. The molecule has 0 fully saturated rings. The van der Waals surface area contributed by atoms with Crippen molar-refractivity contribution in [1.82, 2.24) is 14.9 Å². The van der Waals surface area contributed by atoms with Gasteiger partial charge in [0.1, 0.15) is 25.2 Å². The minimum absolute atomic E-state index is 0.480. The summed E-state index contributed by atoms with van der Waals surface area (Å²) in [5, 5.41) is 0. The molecule has 5 nitrogen and oxygen atoms in total. The van der Waals surface area contributed by atoms with Gasteiger partial charge in [-0.15, -0.1) is 0 Å². The van der Waals surface area contributed by atoms with Crippen LogP contribution in [0.15, 0.2) is 42.9 Å². The number of hydrogen-bond acceptors (Lipinski definition) is 4. The van der Waals surface area contributed by atoms with Crippen molar-refractivity contribution in [2.45, 2.75) is 38.4 Å². The third kappa shape index (κ3) is 3.04. The second kappa shape index (κ2) is 6.92. The summed E-state index contributed by atoms with van der Waals surface area (Å²) in [6.45, 7) is 4.73. The summed E-state index contributed by atoms with van der Waals surface area (Å²) in [6.07, 6.45) is 7.56. The number of hydrogen-bond donors (Lipinski definition) is 0. The van der Waals surface area contributed by atoms with E-state index in [1.54, 1.807) is 19.5 Å². The first kappa shape index (κ1) is 16.2. The van der Waals surface area contributed by atoms with Crippen LogP contribution in [0.4, 0.5) is 0 Å². The lowest BCUT2D eigenvalue weighted by Gasteiger charge is -2.29. The second-order valence-electron chi connectivity index (χ2n) is 6.87. The molecule has 5 heteroatoms. The van der Waals surface area contributed by atoms with Gasteiger partial charge in [0.15, 0.2) is 0 Å². The molecule has 1 aliphatic carbocycles. The zero-order valence-corrected chi connectivity index (χ0v) is 14.9. The smallest absolute Gasteiger partial charge is 0.244 e. The van der Waals surface area contributed by atoms with Crippen molar-refractivity contribution in [3.05, 3.63) is 59.7 Å². The minimum atomic E-state index is 0.480. The molecule has 0 spiro atoms. The lowest BCUT2D eigenvalue weighted by molar-refractivity contribution is -0.576. The predicted octanol–water partition coefficient (Wildman–Crippen LogP) is 1.91. The second-order valence-corrected chi connectivity index (χ2v) is 6.87. The van der Waals surface area contributed by atoms with Crippen molar-refractivity contribution in [1.29, 1.82) is 0 Å². The van der Waals surface area contributed by atoms with E-state index in [4.69, 9.17) is 4.74 Å². The first-order valence-electron chi connectivity index (χ1n) is 8.95. The van der Waals surface area contributed by atoms with Gasteiger partial charge in [-0.1, -0.05) is 24.3 Å². The van der Waals surface area contributed by atoms with E-state index >= 15 is 0 Å². The summed E-state index contributed by atoms with van der Waals surface area (Å²) >= 11 is 0. The molecule has 1 aromatic carbocycles. The number of nitrogens with zero attached hydrogens (tertiary/aromatic N) is 4. The van der Waals surface area contributed by atoms with Crippen LogP contribution in [-0.4, -0.2) is 57.6 Å². The quantitative estimate of drug-likeness (QED) is 0.782. The normalized spacial score (nSPS) is 22.1. The Morgan fingerprint density at radius 3 is 2.72 bits per heavy atom. The molecule has 2 atom stereocenters. The van der Waals surface area contributed by atoms with Gasteiger partial charge in [0.25, 0.3) is 0 Å². The first-order valence-corrected chi connectivity index (χ1v) is 8.95. The molecule has 2 aromatic rings. The van der Waals surface area contributed by atoms with Crippen LogP contribution >= 0.6 is 0 Å². The average molecular weight is 337 g/mol. The standard InChI is InChI=1S/C20H25N4O/c1-15-23(9-10-25-2)19-11-16-5-3-4-6-17(16)12-20(19)24(15)14-18-13-21-7-8-22-18/h3-8,13,19-20H,9-12,14H2,1-2H3/q+1. The Kier molecular flexibility index (Phi) is 4.49. The number of fused-ring (bicyclic) bond motifs is 2.